The highest BCUT2D eigenvalue weighted by molar-refractivity contribution is 8.27. The second-order valence-electron chi connectivity index (χ2n) is 7.94. The lowest BCUT2D eigenvalue weighted by Gasteiger charge is -2.20. The number of amides is 1. The van der Waals surface area contributed by atoms with Gasteiger partial charge in [-0.25, -0.2) is 0 Å². The number of nitrogens with zero attached hydrogens (tertiary/aromatic N) is 3. The second-order valence-corrected chi connectivity index (χ2v) is 9.74. The summed E-state index contributed by atoms with van der Waals surface area (Å²) < 4.78 is 11.4. The summed E-state index contributed by atoms with van der Waals surface area (Å²) in [6, 6.07) is 11.0. The number of hydrogen-bond donors (Lipinski definition) is 1. The van der Waals surface area contributed by atoms with Crippen molar-refractivity contribution in [3.63, 3.8) is 0 Å². The minimum absolute atomic E-state index is 0.0426. The predicted octanol–water partition coefficient (Wildman–Crippen LogP) is 6.03. The lowest BCUT2D eigenvalue weighted by molar-refractivity contribution is -0.114. The summed E-state index contributed by atoms with van der Waals surface area (Å²) in [5.74, 6) is 0.690. The minimum atomic E-state index is -0.509. The number of thioether (sulfide) groups is 1. The lowest BCUT2D eigenvalue weighted by atomic mass is 10.1. The third-order valence-electron chi connectivity index (χ3n) is 4.92. The van der Waals surface area contributed by atoms with Gasteiger partial charge in [-0.1, -0.05) is 54.7 Å². The number of ether oxygens (including phenoxy) is 2. The highest BCUT2D eigenvalue weighted by Gasteiger charge is 2.36. The number of amidine groups is 2. The maximum absolute atomic E-state index is 12.6. The van der Waals surface area contributed by atoms with E-state index in [1.807, 2.05) is 45.0 Å². The maximum atomic E-state index is 12.6. The average Bonchev–Trinajstić information content (AvgIpc) is 3.21. The first kappa shape index (κ1) is 24.3. The molecule has 2 heterocycles. The van der Waals surface area contributed by atoms with Crippen molar-refractivity contribution >= 4 is 63.0 Å². The predicted molar refractivity (Wildman–Crippen MR) is 138 cm³/mol. The molecular formula is C24H22Cl2N4O3S. The molecule has 1 amide bonds. The molecule has 4 rings (SSSR count). The molecule has 7 nitrogen and oxygen atoms in total. The van der Waals surface area contributed by atoms with Crippen molar-refractivity contribution in [2.75, 3.05) is 13.2 Å². The first-order valence-electron chi connectivity index (χ1n) is 10.5. The quantitative estimate of drug-likeness (QED) is 0.358. The van der Waals surface area contributed by atoms with Crippen molar-refractivity contribution in [3.05, 3.63) is 63.1 Å². The molecule has 0 saturated carbocycles. The van der Waals surface area contributed by atoms with Gasteiger partial charge in [-0.2, -0.15) is 15.1 Å². The monoisotopic (exact) mass is 516 g/mol. The first-order chi connectivity index (χ1) is 16.2. The van der Waals surface area contributed by atoms with E-state index < -0.39 is 5.91 Å². The fourth-order valence-corrected chi connectivity index (χ4v) is 4.65. The zero-order valence-electron chi connectivity index (χ0n) is 18.8. The van der Waals surface area contributed by atoms with Crippen LogP contribution in [-0.2, 0) is 4.79 Å². The molecule has 0 saturated heterocycles. The molecule has 0 fully saturated rings. The van der Waals surface area contributed by atoms with Gasteiger partial charge in [0, 0.05) is 5.92 Å². The van der Waals surface area contributed by atoms with Crippen molar-refractivity contribution < 1.29 is 14.3 Å². The number of nitrogens with one attached hydrogen (secondary N) is 1. The smallest absolute Gasteiger partial charge is 0.283 e. The number of hydrogen-bond acceptors (Lipinski definition) is 6. The molecule has 10 heteroatoms. The summed E-state index contributed by atoms with van der Waals surface area (Å²) in [4.78, 5) is 16.7. The number of aliphatic imine (C=N–C) groups is 1. The van der Waals surface area contributed by atoms with Gasteiger partial charge in [0.15, 0.2) is 11.6 Å². The number of rotatable bonds is 7. The lowest BCUT2D eigenvalue weighted by Crippen LogP contribution is -2.35. The topological polar surface area (TPSA) is 87.3 Å². The molecule has 1 N–H and O–H groups in total. The van der Waals surface area contributed by atoms with Crippen LogP contribution in [0.3, 0.4) is 0 Å². The van der Waals surface area contributed by atoms with Gasteiger partial charge in [-0.3, -0.25) is 10.2 Å². The molecule has 2 aromatic rings. The second kappa shape index (κ2) is 10.2. The van der Waals surface area contributed by atoms with E-state index in [4.69, 9.17) is 38.1 Å². The van der Waals surface area contributed by atoms with Crippen molar-refractivity contribution in [2.24, 2.45) is 16.0 Å². The standard InChI is InChI=1S/C24H22Cl2N4O3S/c1-13(2)23-29-30-21(27)17(22(31)28-24(30)34-23)10-15-11-18(25)20(19(26)12-15)33-9-8-32-16-6-4-14(3)5-7-16/h4-7,10-13,27H,8-9H2,1-3H3/b17-10-,27-21?. The number of carbonyl (C=O) groups excluding carboxylic acids is 1. The van der Waals surface area contributed by atoms with E-state index in [-0.39, 0.29) is 34.0 Å². The van der Waals surface area contributed by atoms with Gasteiger partial charge < -0.3 is 9.47 Å². The number of hydrazone groups is 1. The molecule has 0 radical (unpaired) electrons. The van der Waals surface area contributed by atoms with Crippen LogP contribution in [0.4, 0.5) is 0 Å². The molecule has 2 aliphatic heterocycles. The van der Waals surface area contributed by atoms with Crippen LogP contribution in [0.25, 0.3) is 6.08 Å². The van der Waals surface area contributed by atoms with Gasteiger partial charge >= 0.3 is 0 Å². The summed E-state index contributed by atoms with van der Waals surface area (Å²) >= 11 is 14.1. The summed E-state index contributed by atoms with van der Waals surface area (Å²) in [7, 11) is 0. The minimum Gasteiger partial charge on any atom is -0.490 e. The van der Waals surface area contributed by atoms with Gasteiger partial charge in [0.2, 0.25) is 5.17 Å². The van der Waals surface area contributed by atoms with E-state index in [1.54, 1.807) is 12.1 Å². The number of fused-ring (bicyclic) bond motifs is 1. The van der Waals surface area contributed by atoms with E-state index in [0.29, 0.717) is 23.1 Å². The summed E-state index contributed by atoms with van der Waals surface area (Å²) in [6.45, 7) is 6.57. The molecule has 176 valence electrons. The molecule has 0 unspecified atom stereocenters. The van der Waals surface area contributed by atoms with E-state index in [9.17, 15) is 4.79 Å². The third-order valence-corrected chi connectivity index (χ3v) is 6.69. The van der Waals surface area contributed by atoms with Crippen LogP contribution in [0.2, 0.25) is 10.0 Å². The van der Waals surface area contributed by atoms with Crippen LogP contribution < -0.4 is 9.47 Å². The summed E-state index contributed by atoms with van der Waals surface area (Å²) in [5.41, 5.74) is 1.80. The first-order valence-corrected chi connectivity index (χ1v) is 12.1. The van der Waals surface area contributed by atoms with Crippen LogP contribution in [0.5, 0.6) is 11.5 Å². The Labute approximate surface area is 211 Å². The van der Waals surface area contributed by atoms with Gasteiger partial charge in [0.05, 0.1) is 15.6 Å². The van der Waals surface area contributed by atoms with Crippen LogP contribution in [0, 0.1) is 18.3 Å². The van der Waals surface area contributed by atoms with E-state index in [0.717, 1.165) is 16.4 Å². The zero-order chi connectivity index (χ0) is 24.4. The SMILES string of the molecule is Cc1ccc(OCCOc2c(Cl)cc(/C=C3/C(=N)N4N=C(C(C)C)SC4=NC3=O)cc2Cl)cc1. The Kier molecular flexibility index (Phi) is 7.30. The van der Waals surface area contributed by atoms with Gasteiger partial charge in [0.25, 0.3) is 5.91 Å². The van der Waals surface area contributed by atoms with Crippen molar-refractivity contribution in [3.8, 4) is 11.5 Å². The number of benzene rings is 2. The van der Waals surface area contributed by atoms with Gasteiger partial charge in [-0.05, 0) is 54.6 Å². The largest absolute Gasteiger partial charge is 0.490 e. The molecule has 2 aliphatic rings. The Hall–Kier alpha value is -2.81. The highest BCUT2D eigenvalue weighted by atomic mass is 35.5. The fraction of sp³-hybridized carbons (Fsp3) is 0.250. The molecule has 34 heavy (non-hydrogen) atoms. The van der Waals surface area contributed by atoms with Crippen molar-refractivity contribution in [1.82, 2.24) is 5.01 Å². The number of carbonyl (C=O) groups is 1. The molecule has 0 bridgehead atoms. The molecule has 0 atom stereocenters. The zero-order valence-corrected chi connectivity index (χ0v) is 21.1. The van der Waals surface area contributed by atoms with Crippen molar-refractivity contribution in [2.45, 2.75) is 20.8 Å². The van der Waals surface area contributed by atoms with Crippen LogP contribution in [-0.4, -0.2) is 40.2 Å². The highest BCUT2D eigenvalue weighted by Crippen LogP contribution is 2.36. The van der Waals surface area contributed by atoms with Gasteiger partial charge in [-0.15, -0.1) is 0 Å². The Balaban J connectivity index is 1.46. The van der Waals surface area contributed by atoms with E-state index in [1.165, 1.54) is 22.8 Å². The third kappa shape index (κ3) is 5.29. The van der Waals surface area contributed by atoms with Gasteiger partial charge in [0.1, 0.15) is 24.0 Å². The van der Waals surface area contributed by atoms with Crippen molar-refractivity contribution in [1.29, 1.82) is 5.41 Å². The number of aryl methyl sites for hydroxylation is 1. The maximum Gasteiger partial charge on any atom is 0.283 e. The molecule has 0 aliphatic carbocycles. The Morgan fingerprint density at radius 3 is 2.41 bits per heavy atom. The van der Waals surface area contributed by atoms with E-state index >= 15 is 0 Å². The fourth-order valence-electron chi connectivity index (χ4n) is 3.15. The van der Waals surface area contributed by atoms with Crippen LogP contribution in [0.15, 0.2) is 52.1 Å². The molecule has 2 aromatic carbocycles. The van der Waals surface area contributed by atoms with Crippen LogP contribution in [0.1, 0.15) is 25.0 Å². The Morgan fingerprint density at radius 1 is 1.12 bits per heavy atom. The van der Waals surface area contributed by atoms with Crippen LogP contribution >= 0.6 is 35.0 Å². The summed E-state index contributed by atoms with van der Waals surface area (Å²) in [5, 5.41) is 16.0. The van der Waals surface area contributed by atoms with E-state index in [2.05, 4.69) is 10.1 Å². The Bertz CT molecular complexity index is 1220. The summed E-state index contributed by atoms with van der Waals surface area (Å²) in [6.07, 6.45) is 1.53. The Morgan fingerprint density at radius 2 is 1.76 bits per heavy atom. The number of halogens is 2. The normalized spacial score (nSPS) is 16.6. The average molecular weight is 517 g/mol. The molecule has 0 spiro atoms. The molecule has 0 aromatic heterocycles. The molecular weight excluding hydrogens is 495 g/mol.